The predicted molar refractivity (Wildman–Crippen MR) is 104 cm³/mol. The monoisotopic (exact) mass is 349 g/mol. The van der Waals surface area contributed by atoms with Crippen LogP contribution in [0.4, 0.5) is 5.69 Å². The van der Waals surface area contributed by atoms with Crippen LogP contribution in [-0.4, -0.2) is 17.5 Å². The van der Waals surface area contributed by atoms with Crippen molar-refractivity contribution in [3.63, 3.8) is 0 Å². The quantitative estimate of drug-likeness (QED) is 0.683. The number of aromatic nitrogens is 1. The molecule has 3 aromatic rings. The van der Waals surface area contributed by atoms with Crippen molar-refractivity contribution in [1.82, 2.24) is 4.98 Å². The normalized spacial score (nSPS) is 10.7. The van der Waals surface area contributed by atoms with E-state index in [0.717, 1.165) is 34.3 Å². The molecule has 0 fully saturated rings. The number of fused-ring (bicyclic) bond motifs is 1. The van der Waals surface area contributed by atoms with E-state index in [9.17, 15) is 4.79 Å². The van der Waals surface area contributed by atoms with E-state index in [0.29, 0.717) is 12.3 Å². The van der Waals surface area contributed by atoms with Crippen molar-refractivity contribution in [1.29, 1.82) is 0 Å². The van der Waals surface area contributed by atoms with E-state index in [1.54, 1.807) is 0 Å². The Morgan fingerprint density at radius 2 is 2.00 bits per heavy atom. The van der Waals surface area contributed by atoms with Crippen molar-refractivity contribution in [3.05, 3.63) is 65.4 Å². The maximum atomic E-state index is 10.9. The fourth-order valence-corrected chi connectivity index (χ4v) is 3.10. The first kappa shape index (κ1) is 17.7. The Bertz CT molecular complexity index is 938. The predicted octanol–water partition coefficient (Wildman–Crippen LogP) is 3.58. The van der Waals surface area contributed by atoms with Gasteiger partial charge in [-0.3, -0.25) is 9.78 Å². The third-order valence-electron chi connectivity index (χ3n) is 4.30. The molecule has 5 nitrogen and oxygen atoms in total. The maximum absolute atomic E-state index is 10.9. The third-order valence-corrected chi connectivity index (χ3v) is 4.30. The number of nitrogens with one attached hydrogen (secondary N) is 1. The van der Waals surface area contributed by atoms with Crippen LogP contribution >= 0.6 is 0 Å². The summed E-state index contributed by atoms with van der Waals surface area (Å²) in [7, 11) is 0. The molecule has 0 aliphatic rings. The van der Waals surface area contributed by atoms with E-state index in [-0.39, 0.29) is 6.61 Å². The summed E-state index contributed by atoms with van der Waals surface area (Å²) in [5.41, 5.74) is 10.6. The molecule has 0 radical (unpaired) electrons. The number of carbonyl (C=O) groups excluding carboxylic acids is 1. The van der Waals surface area contributed by atoms with Gasteiger partial charge in [-0.15, -0.1) is 0 Å². The lowest BCUT2D eigenvalue weighted by Gasteiger charge is -2.16. The Morgan fingerprint density at radius 3 is 2.77 bits per heavy atom. The van der Waals surface area contributed by atoms with Crippen LogP contribution in [0.1, 0.15) is 23.7 Å². The van der Waals surface area contributed by atoms with Crippen molar-refractivity contribution in [2.45, 2.75) is 26.8 Å². The number of rotatable bonds is 7. The summed E-state index contributed by atoms with van der Waals surface area (Å²) < 4.78 is 5.38. The van der Waals surface area contributed by atoms with E-state index in [2.05, 4.69) is 25.2 Å². The van der Waals surface area contributed by atoms with Crippen LogP contribution in [-0.2, 0) is 17.8 Å². The van der Waals surface area contributed by atoms with Crippen molar-refractivity contribution in [2.75, 3.05) is 11.9 Å². The van der Waals surface area contributed by atoms with Gasteiger partial charge in [-0.05, 0) is 42.7 Å². The van der Waals surface area contributed by atoms with Gasteiger partial charge in [-0.2, -0.15) is 0 Å². The van der Waals surface area contributed by atoms with Gasteiger partial charge in [-0.1, -0.05) is 37.3 Å². The Balaban J connectivity index is 1.86. The average Bonchev–Trinajstić information content (AvgIpc) is 2.64. The summed E-state index contributed by atoms with van der Waals surface area (Å²) >= 11 is 0. The third kappa shape index (κ3) is 3.94. The van der Waals surface area contributed by atoms with E-state index in [1.165, 1.54) is 5.56 Å². The molecule has 1 aromatic heterocycles. The molecular formula is C21H23N3O2. The van der Waals surface area contributed by atoms with Crippen LogP contribution in [0.5, 0.6) is 5.75 Å². The molecule has 3 rings (SSSR count). The van der Waals surface area contributed by atoms with Gasteiger partial charge in [0.2, 0.25) is 0 Å². The summed E-state index contributed by atoms with van der Waals surface area (Å²) in [4.78, 5) is 15.6. The number of pyridine rings is 1. The minimum Gasteiger partial charge on any atom is -0.484 e. The van der Waals surface area contributed by atoms with Crippen LogP contribution in [0.25, 0.3) is 10.9 Å². The second-order valence-corrected chi connectivity index (χ2v) is 6.18. The van der Waals surface area contributed by atoms with Gasteiger partial charge in [0.15, 0.2) is 6.61 Å². The zero-order valence-electron chi connectivity index (χ0n) is 15.1. The number of benzene rings is 2. The summed E-state index contributed by atoms with van der Waals surface area (Å²) in [5, 5.41) is 4.69. The standard InChI is InChI=1S/C21H23N3O2/c1-3-17-14(2)24-19-10-5-4-9-18(19)21(17)23-12-15-7-6-8-16(11-15)26-13-20(22)25/h4-11H,3,12-13H2,1-2H3,(H2,22,25)(H,23,24). The highest BCUT2D eigenvalue weighted by Gasteiger charge is 2.11. The molecule has 5 heteroatoms. The molecule has 0 atom stereocenters. The number of ether oxygens (including phenoxy) is 1. The number of hydrogen-bond acceptors (Lipinski definition) is 4. The first-order chi connectivity index (χ1) is 12.6. The zero-order chi connectivity index (χ0) is 18.5. The van der Waals surface area contributed by atoms with E-state index < -0.39 is 5.91 Å². The summed E-state index contributed by atoms with van der Waals surface area (Å²) in [6.07, 6.45) is 0.910. The first-order valence-corrected chi connectivity index (χ1v) is 8.70. The van der Waals surface area contributed by atoms with Gasteiger partial charge < -0.3 is 15.8 Å². The number of hydrogen-bond donors (Lipinski definition) is 2. The summed E-state index contributed by atoms with van der Waals surface area (Å²) in [5.74, 6) is 0.148. The van der Waals surface area contributed by atoms with Gasteiger partial charge >= 0.3 is 0 Å². The van der Waals surface area contributed by atoms with E-state index in [4.69, 9.17) is 15.5 Å². The van der Waals surface area contributed by atoms with Crippen LogP contribution < -0.4 is 15.8 Å². The fourth-order valence-electron chi connectivity index (χ4n) is 3.10. The molecule has 3 N–H and O–H groups in total. The number of para-hydroxylation sites is 1. The lowest BCUT2D eigenvalue weighted by molar-refractivity contribution is -0.119. The van der Waals surface area contributed by atoms with Crippen LogP contribution in [0.15, 0.2) is 48.5 Å². The van der Waals surface area contributed by atoms with Gasteiger partial charge in [0.25, 0.3) is 5.91 Å². The largest absolute Gasteiger partial charge is 0.484 e. The van der Waals surface area contributed by atoms with Gasteiger partial charge in [0.05, 0.1) is 5.52 Å². The second kappa shape index (κ2) is 7.87. The zero-order valence-corrected chi connectivity index (χ0v) is 15.1. The van der Waals surface area contributed by atoms with Crippen molar-refractivity contribution in [3.8, 4) is 5.75 Å². The number of carbonyl (C=O) groups is 1. The van der Waals surface area contributed by atoms with Gasteiger partial charge in [-0.25, -0.2) is 0 Å². The number of amides is 1. The number of nitrogens with two attached hydrogens (primary N) is 1. The molecule has 0 bridgehead atoms. The molecule has 0 unspecified atom stereocenters. The Labute approximate surface area is 153 Å². The van der Waals surface area contributed by atoms with Gasteiger partial charge in [0.1, 0.15) is 5.75 Å². The van der Waals surface area contributed by atoms with Crippen molar-refractivity contribution in [2.24, 2.45) is 5.73 Å². The molecular weight excluding hydrogens is 326 g/mol. The molecule has 134 valence electrons. The van der Waals surface area contributed by atoms with E-state index in [1.807, 2.05) is 42.5 Å². The number of anilines is 1. The van der Waals surface area contributed by atoms with Crippen molar-refractivity contribution >= 4 is 22.5 Å². The Morgan fingerprint density at radius 1 is 1.19 bits per heavy atom. The Kier molecular flexibility index (Phi) is 5.37. The molecule has 0 aliphatic heterocycles. The summed E-state index contributed by atoms with van der Waals surface area (Å²) in [6.45, 7) is 4.72. The smallest absolute Gasteiger partial charge is 0.255 e. The first-order valence-electron chi connectivity index (χ1n) is 8.70. The lowest BCUT2D eigenvalue weighted by Crippen LogP contribution is -2.20. The average molecular weight is 349 g/mol. The second-order valence-electron chi connectivity index (χ2n) is 6.18. The molecule has 1 amide bonds. The number of aryl methyl sites for hydroxylation is 1. The highest BCUT2D eigenvalue weighted by atomic mass is 16.5. The molecule has 26 heavy (non-hydrogen) atoms. The minimum atomic E-state index is -0.486. The van der Waals surface area contributed by atoms with Crippen LogP contribution in [0.3, 0.4) is 0 Å². The maximum Gasteiger partial charge on any atom is 0.255 e. The molecule has 0 aliphatic carbocycles. The van der Waals surface area contributed by atoms with Crippen LogP contribution in [0, 0.1) is 6.92 Å². The number of nitrogens with zero attached hydrogens (tertiary/aromatic N) is 1. The van der Waals surface area contributed by atoms with Crippen molar-refractivity contribution < 1.29 is 9.53 Å². The molecule has 2 aromatic carbocycles. The highest BCUT2D eigenvalue weighted by molar-refractivity contribution is 5.93. The van der Waals surface area contributed by atoms with E-state index >= 15 is 0 Å². The Hall–Kier alpha value is -3.08. The molecule has 0 saturated heterocycles. The molecule has 0 saturated carbocycles. The number of primary amides is 1. The van der Waals surface area contributed by atoms with Crippen LogP contribution in [0.2, 0.25) is 0 Å². The fraction of sp³-hybridized carbons (Fsp3) is 0.238. The SMILES string of the molecule is CCc1c(C)nc2ccccc2c1NCc1cccc(OCC(N)=O)c1. The molecule has 1 heterocycles. The minimum absolute atomic E-state index is 0.120. The topological polar surface area (TPSA) is 77.2 Å². The summed E-state index contributed by atoms with van der Waals surface area (Å²) in [6, 6.07) is 15.8. The molecule has 0 spiro atoms. The lowest BCUT2D eigenvalue weighted by atomic mass is 10.0. The highest BCUT2D eigenvalue weighted by Crippen LogP contribution is 2.29. The van der Waals surface area contributed by atoms with Gasteiger partial charge in [0, 0.05) is 23.3 Å².